The van der Waals surface area contributed by atoms with Gasteiger partial charge in [0.05, 0.1) is 18.6 Å². The van der Waals surface area contributed by atoms with Crippen LogP contribution < -0.4 is 34.7 Å². The van der Waals surface area contributed by atoms with Gasteiger partial charge in [0.1, 0.15) is 0 Å². The zero-order chi connectivity index (χ0) is 7.28. The van der Waals surface area contributed by atoms with Crippen molar-refractivity contribution in [3.63, 3.8) is 0 Å². The molecule has 0 fully saturated rings. The first-order chi connectivity index (χ1) is 4.20. The standard InChI is InChI=1S/C5H7NO3.Na/c6-2-4(3-7)1-5(8)9;/h4,7H,1,3H2,(H,8,9);/q;+1/p-1. The summed E-state index contributed by atoms with van der Waals surface area (Å²) in [5.74, 6) is -2.13. The molecule has 0 spiro atoms. The Balaban J connectivity index is 0. The molecule has 0 aromatic carbocycles. The van der Waals surface area contributed by atoms with Crippen molar-refractivity contribution in [1.82, 2.24) is 0 Å². The van der Waals surface area contributed by atoms with Gasteiger partial charge in [0, 0.05) is 12.4 Å². The first-order valence-electron chi connectivity index (χ1n) is 2.41. The Bertz CT molecular complexity index is 142. The number of hydrogen-bond acceptors (Lipinski definition) is 4. The minimum atomic E-state index is -1.31. The number of nitrogens with zero attached hydrogens (tertiary/aromatic N) is 1. The van der Waals surface area contributed by atoms with Crippen LogP contribution in [0.25, 0.3) is 0 Å². The Morgan fingerprint density at radius 1 is 1.80 bits per heavy atom. The number of aliphatic hydroxyl groups is 1. The topological polar surface area (TPSA) is 84.1 Å². The maximum Gasteiger partial charge on any atom is 1.00 e. The van der Waals surface area contributed by atoms with E-state index in [2.05, 4.69) is 0 Å². The Morgan fingerprint density at radius 2 is 2.30 bits per heavy atom. The largest absolute Gasteiger partial charge is 1.00 e. The molecule has 0 aliphatic heterocycles. The van der Waals surface area contributed by atoms with Gasteiger partial charge in [-0.25, -0.2) is 0 Å². The Labute approximate surface area is 80.8 Å². The van der Waals surface area contributed by atoms with E-state index in [9.17, 15) is 9.90 Å². The predicted molar refractivity (Wildman–Crippen MR) is 25.8 cm³/mol. The third kappa shape index (κ3) is 6.05. The van der Waals surface area contributed by atoms with Crippen LogP contribution in [0.5, 0.6) is 0 Å². The second-order valence-corrected chi connectivity index (χ2v) is 1.58. The van der Waals surface area contributed by atoms with E-state index in [4.69, 9.17) is 10.4 Å². The van der Waals surface area contributed by atoms with Crippen LogP contribution in [-0.4, -0.2) is 17.7 Å². The van der Waals surface area contributed by atoms with E-state index in [0.717, 1.165) is 0 Å². The van der Waals surface area contributed by atoms with Gasteiger partial charge in [-0.1, -0.05) is 0 Å². The summed E-state index contributed by atoms with van der Waals surface area (Å²) >= 11 is 0. The molecule has 1 N–H and O–H groups in total. The molecule has 1 atom stereocenters. The summed E-state index contributed by atoms with van der Waals surface area (Å²) in [4.78, 5) is 9.75. The molecule has 50 valence electrons. The number of rotatable bonds is 3. The van der Waals surface area contributed by atoms with Crippen molar-refractivity contribution in [2.75, 3.05) is 6.61 Å². The van der Waals surface area contributed by atoms with Crippen molar-refractivity contribution >= 4 is 5.97 Å². The smallest absolute Gasteiger partial charge is 0.550 e. The molecule has 0 amide bonds. The summed E-state index contributed by atoms with van der Waals surface area (Å²) < 4.78 is 0. The van der Waals surface area contributed by atoms with Crippen LogP contribution in [-0.2, 0) is 4.79 Å². The van der Waals surface area contributed by atoms with Crippen LogP contribution >= 0.6 is 0 Å². The average molecular weight is 151 g/mol. The summed E-state index contributed by atoms with van der Waals surface area (Å²) in [5, 5.41) is 26.1. The maximum atomic E-state index is 9.75. The van der Waals surface area contributed by atoms with Crippen molar-refractivity contribution in [3.05, 3.63) is 0 Å². The summed E-state index contributed by atoms with van der Waals surface area (Å²) in [6.07, 6.45) is -0.396. The predicted octanol–water partition coefficient (Wildman–Crippen LogP) is -4.74. The Morgan fingerprint density at radius 3 is 2.40 bits per heavy atom. The summed E-state index contributed by atoms with van der Waals surface area (Å²) in [6.45, 7) is -0.426. The van der Waals surface area contributed by atoms with Gasteiger partial charge >= 0.3 is 29.6 Å². The number of aliphatic hydroxyl groups excluding tert-OH is 1. The molecule has 0 aromatic heterocycles. The van der Waals surface area contributed by atoms with E-state index >= 15 is 0 Å². The molecule has 1 unspecified atom stereocenters. The molecule has 0 heterocycles. The van der Waals surface area contributed by atoms with Gasteiger partial charge < -0.3 is 15.0 Å². The van der Waals surface area contributed by atoms with E-state index in [1.807, 2.05) is 0 Å². The monoisotopic (exact) mass is 151 g/mol. The molecule has 0 bridgehead atoms. The van der Waals surface area contributed by atoms with E-state index < -0.39 is 24.9 Å². The normalized spacial score (nSPS) is 10.8. The fourth-order valence-corrected chi connectivity index (χ4v) is 0.352. The van der Waals surface area contributed by atoms with Crippen LogP contribution in [0.1, 0.15) is 6.42 Å². The molecule has 0 radical (unpaired) electrons. The molecule has 0 rings (SSSR count). The van der Waals surface area contributed by atoms with Gasteiger partial charge in [-0.2, -0.15) is 5.26 Å². The van der Waals surface area contributed by atoms with E-state index in [1.54, 1.807) is 6.07 Å². The van der Waals surface area contributed by atoms with Gasteiger partial charge in [0.15, 0.2) is 0 Å². The Kier molecular flexibility index (Phi) is 8.85. The van der Waals surface area contributed by atoms with Gasteiger partial charge in [-0.05, 0) is 0 Å². The summed E-state index contributed by atoms with van der Waals surface area (Å²) in [5.41, 5.74) is 0. The van der Waals surface area contributed by atoms with Crippen molar-refractivity contribution in [2.24, 2.45) is 5.92 Å². The van der Waals surface area contributed by atoms with Crippen LogP contribution in [0.2, 0.25) is 0 Å². The number of nitriles is 1. The molecule has 0 aliphatic rings. The fraction of sp³-hybridized carbons (Fsp3) is 0.600. The van der Waals surface area contributed by atoms with E-state index in [-0.39, 0.29) is 29.6 Å². The van der Waals surface area contributed by atoms with Gasteiger partial charge in [-0.15, -0.1) is 0 Å². The SMILES string of the molecule is N#CC(CO)CC(=O)[O-].[Na+]. The molecule has 0 saturated heterocycles. The third-order valence-corrected chi connectivity index (χ3v) is 0.816. The van der Waals surface area contributed by atoms with Crippen LogP contribution in [0, 0.1) is 17.2 Å². The van der Waals surface area contributed by atoms with Gasteiger partial charge in [-0.3, -0.25) is 0 Å². The van der Waals surface area contributed by atoms with Crippen molar-refractivity contribution in [1.29, 1.82) is 5.26 Å². The number of carboxylic acids is 1. The first-order valence-corrected chi connectivity index (χ1v) is 2.41. The summed E-state index contributed by atoms with van der Waals surface area (Å²) in [6, 6.07) is 1.61. The van der Waals surface area contributed by atoms with Crippen molar-refractivity contribution in [2.45, 2.75) is 6.42 Å². The van der Waals surface area contributed by atoms with Gasteiger partial charge in [0.2, 0.25) is 0 Å². The Hall–Kier alpha value is -0.0800. The number of hydrogen-bond donors (Lipinski definition) is 1. The fourth-order valence-electron chi connectivity index (χ4n) is 0.352. The molecular formula is C5H6NNaO3. The van der Waals surface area contributed by atoms with Crippen LogP contribution in [0.3, 0.4) is 0 Å². The number of aliphatic carboxylic acids is 1. The molecule has 0 aromatic rings. The second-order valence-electron chi connectivity index (χ2n) is 1.58. The first kappa shape index (κ1) is 12.6. The molecule has 5 heteroatoms. The number of carboxylic acid groups (broad SMARTS) is 1. The van der Waals surface area contributed by atoms with Crippen LogP contribution in [0.4, 0.5) is 0 Å². The quantitative estimate of drug-likeness (QED) is 0.410. The molecule has 4 nitrogen and oxygen atoms in total. The average Bonchev–Trinajstić information content (AvgIpc) is 1.82. The minimum Gasteiger partial charge on any atom is -0.550 e. The molecule has 0 saturated carbocycles. The summed E-state index contributed by atoms with van der Waals surface area (Å²) in [7, 11) is 0. The molecular weight excluding hydrogens is 145 g/mol. The number of carbonyl (C=O) groups excluding carboxylic acids is 1. The van der Waals surface area contributed by atoms with E-state index in [0.29, 0.717) is 0 Å². The van der Waals surface area contributed by atoms with Gasteiger partial charge in [0.25, 0.3) is 0 Å². The minimum absolute atomic E-state index is 0. The second kappa shape index (κ2) is 7.03. The number of carbonyl (C=O) groups is 1. The zero-order valence-electron chi connectivity index (χ0n) is 5.70. The van der Waals surface area contributed by atoms with Crippen molar-refractivity contribution < 1.29 is 44.6 Å². The van der Waals surface area contributed by atoms with Crippen molar-refractivity contribution in [3.8, 4) is 6.07 Å². The zero-order valence-corrected chi connectivity index (χ0v) is 7.70. The maximum absolute atomic E-state index is 9.75. The van der Waals surface area contributed by atoms with E-state index in [1.165, 1.54) is 0 Å². The van der Waals surface area contributed by atoms with Crippen LogP contribution in [0.15, 0.2) is 0 Å². The molecule has 0 aliphatic carbocycles. The molecule has 10 heavy (non-hydrogen) atoms. The third-order valence-electron chi connectivity index (χ3n) is 0.816.